The van der Waals surface area contributed by atoms with E-state index in [2.05, 4.69) is 50.9 Å². The largest absolute Gasteiger partial charge is 0.487 e. The molecule has 204 valence electrons. The number of hydrogen-bond donors (Lipinski definition) is 1. The van der Waals surface area contributed by atoms with Gasteiger partial charge in [0, 0.05) is 62.4 Å². The van der Waals surface area contributed by atoms with Crippen LogP contribution in [0.4, 0.5) is 11.6 Å². The number of anilines is 1. The van der Waals surface area contributed by atoms with E-state index >= 15 is 0 Å². The van der Waals surface area contributed by atoms with Gasteiger partial charge in [-0.2, -0.15) is 0 Å². The Labute approximate surface area is 237 Å². The van der Waals surface area contributed by atoms with E-state index in [0.29, 0.717) is 17.3 Å². The number of benzene rings is 2. The van der Waals surface area contributed by atoms with Gasteiger partial charge in [0.15, 0.2) is 5.69 Å². The Morgan fingerprint density at radius 2 is 1.77 bits per heavy atom. The monoisotopic (exact) mass is 544 g/mol. The zero-order valence-corrected chi connectivity index (χ0v) is 23.6. The zero-order valence-electron chi connectivity index (χ0n) is 22.9. The first-order chi connectivity index (χ1) is 18.9. The van der Waals surface area contributed by atoms with E-state index in [1.54, 1.807) is 6.07 Å². The Hall–Kier alpha value is -3.18. The summed E-state index contributed by atoms with van der Waals surface area (Å²) < 4.78 is 6.08. The SMILES string of the molecule is [C-]#[N+]c1cc(Cl)cc(C(C)(C)c2ccc(OCc3ccnc(N4CCC(CN5CCNCC5)CC4)n3)cc2)c1. The lowest BCUT2D eigenvalue weighted by Gasteiger charge is -2.36. The highest BCUT2D eigenvalue weighted by molar-refractivity contribution is 6.31. The van der Waals surface area contributed by atoms with Crippen LogP contribution in [0.5, 0.6) is 5.75 Å². The van der Waals surface area contributed by atoms with E-state index in [0.717, 1.165) is 73.7 Å². The quantitative estimate of drug-likeness (QED) is 0.367. The van der Waals surface area contributed by atoms with Gasteiger partial charge in [0.1, 0.15) is 12.4 Å². The van der Waals surface area contributed by atoms with Crippen LogP contribution in [0.1, 0.15) is 43.5 Å². The molecule has 3 aromatic rings. The smallest absolute Gasteiger partial charge is 0.225 e. The molecule has 0 atom stereocenters. The van der Waals surface area contributed by atoms with Crippen LogP contribution in [0.15, 0.2) is 54.7 Å². The minimum atomic E-state index is -0.303. The average molecular weight is 545 g/mol. The second kappa shape index (κ2) is 12.3. The Morgan fingerprint density at radius 1 is 1.03 bits per heavy atom. The highest BCUT2D eigenvalue weighted by Gasteiger charge is 2.25. The Kier molecular flexibility index (Phi) is 8.66. The van der Waals surface area contributed by atoms with Crippen molar-refractivity contribution < 1.29 is 4.74 Å². The highest BCUT2D eigenvalue weighted by atomic mass is 35.5. The van der Waals surface area contributed by atoms with Crippen LogP contribution < -0.4 is 15.0 Å². The summed E-state index contributed by atoms with van der Waals surface area (Å²) in [6, 6.07) is 15.6. The van der Waals surface area contributed by atoms with Crippen LogP contribution in [0, 0.1) is 12.5 Å². The van der Waals surface area contributed by atoms with Crippen LogP contribution in [0.3, 0.4) is 0 Å². The number of nitrogens with zero attached hydrogens (tertiary/aromatic N) is 5. The third kappa shape index (κ3) is 6.88. The lowest BCUT2D eigenvalue weighted by Crippen LogP contribution is -2.47. The molecule has 39 heavy (non-hydrogen) atoms. The molecular formula is C31H37ClN6O. The molecule has 2 fully saturated rings. The van der Waals surface area contributed by atoms with E-state index in [1.807, 2.05) is 36.5 Å². The van der Waals surface area contributed by atoms with Crippen molar-refractivity contribution >= 4 is 23.2 Å². The number of halogens is 1. The maximum absolute atomic E-state index is 7.35. The van der Waals surface area contributed by atoms with Crippen LogP contribution in [0.2, 0.25) is 5.02 Å². The van der Waals surface area contributed by atoms with Crippen molar-refractivity contribution in [3.63, 3.8) is 0 Å². The Bertz CT molecular complexity index is 1290. The van der Waals surface area contributed by atoms with Crippen molar-refractivity contribution in [2.75, 3.05) is 50.7 Å². The fourth-order valence-corrected chi connectivity index (χ4v) is 5.71. The fraction of sp³-hybridized carbons (Fsp3) is 0.452. The van der Waals surface area contributed by atoms with E-state index < -0.39 is 0 Å². The van der Waals surface area contributed by atoms with Crippen LogP contribution in [-0.2, 0) is 12.0 Å². The molecular weight excluding hydrogens is 508 g/mol. The van der Waals surface area contributed by atoms with Gasteiger partial charge in [-0.3, -0.25) is 0 Å². The van der Waals surface area contributed by atoms with Gasteiger partial charge in [0.05, 0.1) is 12.3 Å². The number of nitrogens with one attached hydrogen (secondary N) is 1. The molecule has 0 bridgehead atoms. The molecule has 2 aliphatic heterocycles. The molecule has 5 rings (SSSR count). The third-order valence-corrected chi connectivity index (χ3v) is 8.24. The molecule has 2 aromatic carbocycles. The van der Waals surface area contributed by atoms with Crippen LogP contribution >= 0.6 is 11.6 Å². The van der Waals surface area contributed by atoms with Crippen molar-refractivity contribution in [1.82, 2.24) is 20.2 Å². The molecule has 0 unspecified atom stereocenters. The van der Waals surface area contributed by atoms with Gasteiger partial charge in [-0.15, -0.1) is 0 Å². The summed E-state index contributed by atoms with van der Waals surface area (Å²) in [5, 5.41) is 4.02. The predicted molar refractivity (Wildman–Crippen MR) is 157 cm³/mol. The highest BCUT2D eigenvalue weighted by Crippen LogP contribution is 2.36. The van der Waals surface area contributed by atoms with Crippen molar-refractivity contribution in [3.8, 4) is 5.75 Å². The van der Waals surface area contributed by atoms with E-state index in [-0.39, 0.29) is 5.41 Å². The summed E-state index contributed by atoms with van der Waals surface area (Å²) in [6.07, 6.45) is 4.21. The first-order valence-corrected chi connectivity index (χ1v) is 14.2. The molecule has 7 nitrogen and oxygen atoms in total. The second-order valence-corrected chi connectivity index (χ2v) is 11.5. The van der Waals surface area contributed by atoms with E-state index in [1.165, 1.54) is 19.4 Å². The van der Waals surface area contributed by atoms with Gasteiger partial charge in [0.2, 0.25) is 5.95 Å². The number of ether oxygens (including phenoxy) is 1. The lowest BCUT2D eigenvalue weighted by atomic mass is 9.78. The van der Waals surface area contributed by atoms with Crippen molar-refractivity contribution in [2.45, 2.75) is 38.7 Å². The predicted octanol–water partition coefficient (Wildman–Crippen LogP) is 5.71. The molecule has 3 heterocycles. The second-order valence-electron chi connectivity index (χ2n) is 11.1. The molecule has 0 spiro atoms. The number of aromatic nitrogens is 2. The summed E-state index contributed by atoms with van der Waals surface area (Å²) >= 11 is 6.27. The summed E-state index contributed by atoms with van der Waals surface area (Å²) in [4.78, 5) is 17.8. The Morgan fingerprint density at radius 3 is 2.49 bits per heavy atom. The molecule has 0 saturated carbocycles. The minimum Gasteiger partial charge on any atom is -0.487 e. The van der Waals surface area contributed by atoms with Gasteiger partial charge in [-0.05, 0) is 60.2 Å². The normalized spacial score (nSPS) is 17.1. The van der Waals surface area contributed by atoms with Gasteiger partial charge >= 0.3 is 0 Å². The average Bonchev–Trinajstić information content (AvgIpc) is 2.97. The van der Waals surface area contributed by atoms with E-state index in [4.69, 9.17) is 27.9 Å². The summed E-state index contributed by atoms with van der Waals surface area (Å²) in [5.41, 5.74) is 3.25. The van der Waals surface area contributed by atoms with Crippen LogP contribution in [-0.4, -0.2) is 60.7 Å². The Balaban J connectivity index is 1.16. The summed E-state index contributed by atoms with van der Waals surface area (Å²) in [6.45, 7) is 19.8. The van der Waals surface area contributed by atoms with E-state index in [9.17, 15) is 0 Å². The lowest BCUT2D eigenvalue weighted by molar-refractivity contribution is 0.190. The fourth-order valence-electron chi connectivity index (χ4n) is 5.48. The van der Waals surface area contributed by atoms with Gasteiger partial charge in [0.25, 0.3) is 0 Å². The molecule has 0 aliphatic carbocycles. The molecule has 0 radical (unpaired) electrons. The van der Waals surface area contributed by atoms with Crippen LogP contribution in [0.25, 0.3) is 4.85 Å². The number of piperazine rings is 1. The first kappa shape index (κ1) is 27.4. The molecule has 1 N–H and O–H groups in total. The van der Waals surface area contributed by atoms with Gasteiger partial charge < -0.3 is 19.9 Å². The zero-order chi connectivity index (χ0) is 27.2. The number of rotatable bonds is 8. The van der Waals surface area contributed by atoms with Gasteiger partial charge in [-0.25, -0.2) is 14.8 Å². The summed E-state index contributed by atoms with van der Waals surface area (Å²) in [7, 11) is 0. The minimum absolute atomic E-state index is 0.303. The maximum Gasteiger partial charge on any atom is 0.225 e. The van der Waals surface area contributed by atoms with Crippen molar-refractivity contribution in [2.24, 2.45) is 5.92 Å². The maximum atomic E-state index is 7.35. The molecule has 8 heteroatoms. The van der Waals surface area contributed by atoms with Crippen molar-refractivity contribution in [3.05, 3.63) is 88.0 Å². The number of hydrogen-bond acceptors (Lipinski definition) is 6. The molecule has 2 saturated heterocycles. The first-order valence-electron chi connectivity index (χ1n) is 13.8. The number of piperidine rings is 1. The topological polar surface area (TPSA) is 57.9 Å². The molecule has 2 aliphatic rings. The van der Waals surface area contributed by atoms with Crippen molar-refractivity contribution in [1.29, 1.82) is 0 Å². The summed E-state index contributed by atoms with van der Waals surface area (Å²) in [5.74, 6) is 2.35. The van der Waals surface area contributed by atoms with Gasteiger partial charge in [-0.1, -0.05) is 43.6 Å². The molecule has 1 aromatic heterocycles. The standard InChI is InChI=1S/C31H37ClN6O/c1-31(2,25-18-26(32)20-28(19-25)33-3)24-4-6-29(7-5-24)39-22-27-8-11-35-30(36-27)38-14-9-23(10-15-38)21-37-16-12-34-13-17-37/h4-8,11,18-20,23,34H,9-10,12-17,21-22H2,1-2H3. The third-order valence-electron chi connectivity index (χ3n) is 8.02. The molecule has 0 amide bonds.